The Hall–Kier alpha value is -8.40. The predicted molar refractivity (Wildman–Crippen MR) is 275 cm³/mol. The lowest BCUT2D eigenvalue weighted by molar-refractivity contribution is 0.818. The third kappa shape index (κ3) is 7.97. The molecule has 0 radical (unpaired) electrons. The van der Waals surface area contributed by atoms with Crippen molar-refractivity contribution in [1.29, 1.82) is 0 Å². The summed E-state index contributed by atoms with van der Waals surface area (Å²) in [5.41, 5.74) is 16.4. The Kier molecular flexibility index (Phi) is 10.8. The molecule has 0 heterocycles. The second-order valence-electron chi connectivity index (χ2n) is 16.5. The van der Waals surface area contributed by atoms with Crippen LogP contribution in [0.3, 0.4) is 0 Å². The monoisotopic (exact) mass is 833 g/mol. The first-order chi connectivity index (χ1) is 32.2. The first kappa shape index (κ1) is 39.4. The number of hydrogen-bond acceptors (Lipinski definition) is 3. The molecule has 11 rings (SSSR count). The third-order valence-corrected chi connectivity index (χ3v) is 12.6. The first-order valence-electron chi connectivity index (χ1n) is 22.4. The minimum absolute atomic E-state index is 0.114. The summed E-state index contributed by atoms with van der Waals surface area (Å²) in [5.74, 6) is 0. The van der Waals surface area contributed by atoms with Gasteiger partial charge in [0.05, 0.1) is 11.7 Å². The van der Waals surface area contributed by atoms with Crippen LogP contribution in [0.25, 0.3) is 33.0 Å². The molecule has 0 saturated heterocycles. The van der Waals surface area contributed by atoms with Gasteiger partial charge in [-0.2, -0.15) is 0 Å². The summed E-state index contributed by atoms with van der Waals surface area (Å²) in [5, 5.41) is 2.44. The molecule has 0 saturated carbocycles. The van der Waals surface area contributed by atoms with E-state index in [9.17, 15) is 0 Å². The molecule has 0 aliphatic heterocycles. The molecule has 1 aliphatic rings. The van der Waals surface area contributed by atoms with Crippen LogP contribution in [0, 0.1) is 0 Å². The molecule has 0 N–H and O–H groups in total. The average molecular weight is 834 g/mol. The highest BCUT2D eigenvalue weighted by Gasteiger charge is 2.25. The molecule has 1 atom stereocenters. The Morgan fingerprint density at radius 2 is 0.708 bits per heavy atom. The Morgan fingerprint density at radius 1 is 0.308 bits per heavy atom. The molecule has 10 aromatic carbocycles. The number of anilines is 8. The van der Waals surface area contributed by atoms with E-state index in [4.69, 9.17) is 0 Å². The van der Waals surface area contributed by atoms with Gasteiger partial charge >= 0.3 is 0 Å². The van der Waals surface area contributed by atoms with E-state index in [-0.39, 0.29) is 6.04 Å². The van der Waals surface area contributed by atoms with Crippen LogP contribution in [-0.4, -0.2) is 0 Å². The van der Waals surface area contributed by atoms with Crippen LogP contribution in [0.1, 0.15) is 17.2 Å². The fourth-order valence-corrected chi connectivity index (χ4v) is 9.38. The van der Waals surface area contributed by atoms with Crippen molar-refractivity contribution in [3.8, 4) is 22.3 Å². The standard InChI is InChI=1S/C62H47N3/c1-4-20-52(21-5-1)63(55-38-30-46(31-39-55)48-34-42-57(43-35-48)64(53-22-6-2-7-23-53)61-28-14-18-50-16-10-12-26-59(50)61)56-40-32-47(33-41-56)49-36-44-58(45-37-49)65(54-24-8-3-9-25-54)62-29-15-19-51-17-11-13-27-60(51)62/h1-18,20-45,62H,19H2. The molecule has 0 spiro atoms. The van der Waals surface area contributed by atoms with E-state index >= 15 is 0 Å². The lowest BCUT2D eigenvalue weighted by Gasteiger charge is -2.35. The maximum Gasteiger partial charge on any atom is 0.0778 e. The Labute approximate surface area is 382 Å². The molecule has 1 unspecified atom stereocenters. The minimum Gasteiger partial charge on any atom is -0.330 e. The van der Waals surface area contributed by atoms with Crippen LogP contribution in [0.4, 0.5) is 45.5 Å². The smallest absolute Gasteiger partial charge is 0.0778 e. The van der Waals surface area contributed by atoms with Gasteiger partial charge in [-0.3, -0.25) is 0 Å². The predicted octanol–water partition coefficient (Wildman–Crippen LogP) is 17.1. The molecule has 310 valence electrons. The summed E-state index contributed by atoms with van der Waals surface area (Å²) in [6.45, 7) is 0. The van der Waals surface area contributed by atoms with Gasteiger partial charge in [-0.15, -0.1) is 0 Å². The van der Waals surface area contributed by atoms with Gasteiger partial charge in [0, 0.05) is 45.2 Å². The van der Waals surface area contributed by atoms with Gasteiger partial charge in [0.1, 0.15) is 0 Å². The summed E-state index contributed by atoms with van der Waals surface area (Å²) >= 11 is 0. The van der Waals surface area contributed by atoms with Crippen molar-refractivity contribution in [1.82, 2.24) is 0 Å². The summed E-state index contributed by atoms with van der Waals surface area (Å²) < 4.78 is 0. The van der Waals surface area contributed by atoms with Gasteiger partial charge in [-0.25, -0.2) is 0 Å². The Balaban J connectivity index is 0.863. The second-order valence-corrected chi connectivity index (χ2v) is 16.5. The number of rotatable bonds is 11. The number of nitrogens with zero attached hydrogens (tertiary/aromatic N) is 3. The maximum atomic E-state index is 2.45. The molecule has 0 fully saturated rings. The van der Waals surface area contributed by atoms with Crippen molar-refractivity contribution in [2.45, 2.75) is 12.5 Å². The van der Waals surface area contributed by atoms with E-state index < -0.39 is 0 Å². The minimum atomic E-state index is 0.114. The number of benzene rings is 10. The lowest BCUT2D eigenvalue weighted by Crippen LogP contribution is -2.24. The molecule has 1 aliphatic carbocycles. The van der Waals surface area contributed by atoms with E-state index in [1.807, 2.05) is 0 Å². The van der Waals surface area contributed by atoms with E-state index in [1.165, 1.54) is 44.3 Å². The first-order valence-corrected chi connectivity index (χ1v) is 22.4. The van der Waals surface area contributed by atoms with Crippen LogP contribution in [0.5, 0.6) is 0 Å². The molecule has 65 heavy (non-hydrogen) atoms. The van der Waals surface area contributed by atoms with E-state index in [1.54, 1.807) is 0 Å². The van der Waals surface area contributed by atoms with Crippen LogP contribution in [0.2, 0.25) is 0 Å². The zero-order chi connectivity index (χ0) is 43.4. The van der Waals surface area contributed by atoms with Gasteiger partial charge in [0.15, 0.2) is 0 Å². The number of allylic oxidation sites excluding steroid dienone is 1. The molecule has 10 aromatic rings. The van der Waals surface area contributed by atoms with Gasteiger partial charge in [-0.05, 0) is 136 Å². The molecule has 0 aromatic heterocycles. The number of fused-ring (bicyclic) bond motifs is 2. The average Bonchev–Trinajstić information content (AvgIpc) is 3.39. The van der Waals surface area contributed by atoms with Crippen LogP contribution < -0.4 is 14.7 Å². The zero-order valence-corrected chi connectivity index (χ0v) is 36.0. The summed E-state index contributed by atoms with van der Waals surface area (Å²) in [4.78, 5) is 7.13. The topological polar surface area (TPSA) is 9.72 Å². The Bertz CT molecular complexity index is 3190. The molecular weight excluding hydrogens is 787 g/mol. The highest BCUT2D eigenvalue weighted by atomic mass is 15.2. The van der Waals surface area contributed by atoms with E-state index in [2.05, 4.69) is 282 Å². The normalized spacial score (nSPS) is 13.0. The largest absolute Gasteiger partial charge is 0.330 e. The van der Waals surface area contributed by atoms with Gasteiger partial charge in [-0.1, -0.05) is 176 Å². The van der Waals surface area contributed by atoms with Crippen molar-refractivity contribution in [2.24, 2.45) is 0 Å². The van der Waals surface area contributed by atoms with Crippen LogP contribution in [0.15, 0.2) is 267 Å². The lowest BCUT2D eigenvalue weighted by atomic mass is 9.91. The summed E-state index contributed by atoms with van der Waals surface area (Å²) in [6.07, 6.45) is 5.62. The molecule has 0 bridgehead atoms. The van der Waals surface area contributed by atoms with Crippen LogP contribution in [-0.2, 0) is 6.42 Å². The molecule has 3 nitrogen and oxygen atoms in total. The summed E-state index contributed by atoms with van der Waals surface area (Å²) in [7, 11) is 0. The fraction of sp³-hybridized carbons (Fsp3) is 0.0323. The SMILES string of the molecule is C1=CC(N(c2ccccc2)c2ccc(-c3ccc(N(c4ccccc4)c4ccc(-c5ccc(N(c6ccccc6)c6cccc7ccccc67)cc5)cc4)cc3)cc2)c2ccccc2C1. The van der Waals surface area contributed by atoms with Crippen molar-refractivity contribution in [3.05, 3.63) is 278 Å². The molecular formula is C62H47N3. The quantitative estimate of drug-likeness (QED) is 0.120. The highest BCUT2D eigenvalue weighted by Crippen LogP contribution is 2.42. The third-order valence-electron chi connectivity index (χ3n) is 12.6. The number of hydrogen-bond donors (Lipinski definition) is 0. The maximum absolute atomic E-state index is 2.45. The second kappa shape index (κ2) is 17.8. The van der Waals surface area contributed by atoms with Crippen molar-refractivity contribution < 1.29 is 0 Å². The molecule has 3 heteroatoms. The summed E-state index contributed by atoms with van der Waals surface area (Å²) in [6, 6.07) is 91.9. The van der Waals surface area contributed by atoms with Crippen molar-refractivity contribution in [3.63, 3.8) is 0 Å². The van der Waals surface area contributed by atoms with Crippen molar-refractivity contribution >= 4 is 56.3 Å². The van der Waals surface area contributed by atoms with Crippen molar-refractivity contribution in [2.75, 3.05) is 14.7 Å². The molecule has 0 amide bonds. The highest BCUT2D eigenvalue weighted by molar-refractivity contribution is 5.99. The van der Waals surface area contributed by atoms with E-state index in [0.29, 0.717) is 0 Å². The van der Waals surface area contributed by atoms with Gasteiger partial charge in [0.25, 0.3) is 0 Å². The van der Waals surface area contributed by atoms with Crippen LogP contribution >= 0.6 is 0 Å². The van der Waals surface area contributed by atoms with Gasteiger partial charge in [0.2, 0.25) is 0 Å². The Morgan fingerprint density at radius 3 is 1.28 bits per heavy atom. The fourth-order valence-electron chi connectivity index (χ4n) is 9.38. The van der Waals surface area contributed by atoms with E-state index in [0.717, 1.165) is 51.8 Å². The zero-order valence-electron chi connectivity index (χ0n) is 36.0. The number of para-hydroxylation sites is 3. The van der Waals surface area contributed by atoms with Gasteiger partial charge < -0.3 is 14.7 Å².